The van der Waals surface area contributed by atoms with Gasteiger partial charge in [-0.15, -0.1) is 0 Å². The molecule has 0 radical (unpaired) electrons. The Morgan fingerprint density at radius 2 is 1.75 bits per heavy atom. The Kier molecular flexibility index (Phi) is 4.84. The molecule has 1 heterocycles. The van der Waals surface area contributed by atoms with Crippen LogP contribution in [0.15, 0.2) is 18.2 Å². The molecule has 0 unspecified atom stereocenters. The van der Waals surface area contributed by atoms with Crippen LogP contribution in [0, 0.1) is 13.8 Å². The van der Waals surface area contributed by atoms with Crippen molar-refractivity contribution in [2.24, 2.45) is 0 Å². The smallest absolute Gasteiger partial charge is 0.135 e. The van der Waals surface area contributed by atoms with Crippen LogP contribution in [0.3, 0.4) is 0 Å². The summed E-state index contributed by atoms with van der Waals surface area (Å²) in [5.74, 6) is 1.59. The van der Waals surface area contributed by atoms with E-state index in [-0.39, 0.29) is 0 Å². The van der Waals surface area contributed by atoms with Crippen LogP contribution in [0.4, 0.5) is 5.82 Å². The first-order valence-corrected chi connectivity index (χ1v) is 7.29. The third kappa shape index (κ3) is 3.22. The summed E-state index contributed by atoms with van der Waals surface area (Å²) >= 11 is 12.4. The fraction of sp³-hybridized carbons (Fsp3) is 0.333. The molecule has 0 aliphatic rings. The predicted molar refractivity (Wildman–Crippen MR) is 84.9 cm³/mol. The molecule has 20 heavy (non-hydrogen) atoms. The molecule has 5 heteroatoms. The lowest BCUT2D eigenvalue weighted by atomic mass is 10.1. The average molecular weight is 310 g/mol. The van der Waals surface area contributed by atoms with E-state index in [1.54, 1.807) is 0 Å². The van der Waals surface area contributed by atoms with Crippen LogP contribution in [0.5, 0.6) is 0 Å². The highest BCUT2D eigenvalue weighted by atomic mass is 35.5. The zero-order valence-electron chi connectivity index (χ0n) is 11.8. The van der Waals surface area contributed by atoms with Gasteiger partial charge in [0.05, 0.1) is 0 Å². The van der Waals surface area contributed by atoms with Gasteiger partial charge in [-0.25, -0.2) is 9.97 Å². The van der Waals surface area contributed by atoms with E-state index < -0.39 is 0 Å². The summed E-state index contributed by atoms with van der Waals surface area (Å²) in [4.78, 5) is 9.09. The molecule has 0 spiro atoms. The van der Waals surface area contributed by atoms with E-state index >= 15 is 0 Å². The molecule has 0 aliphatic heterocycles. The maximum Gasteiger partial charge on any atom is 0.135 e. The van der Waals surface area contributed by atoms with E-state index in [0.29, 0.717) is 16.5 Å². The van der Waals surface area contributed by atoms with E-state index in [4.69, 9.17) is 23.2 Å². The van der Waals surface area contributed by atoms with Crippen molar-refractivity contribution >= 4 is 29.0 Å². The minimum absolute atomic E-state index is 0.526. The van der Waals surface area contributed by atoms with E-state index in [9.17, 15) is 0 Å². The Balaban J connectivity index is 2.39. The fourth-order valence-corrected chi connectivity index (χ4v) is 2.50. The van der Waals surface area contributed by atoms with Crippen molar-refractivity contribution in [3.8, 4) is 0 Å². The first-order valence-electron chi connectivity index (χ1n) is 6.53. The van der Waals surface area contributed by atoms with Gasteiger partial charge >= 0.3 is 0 Å². The van der Waals surface area contributed by atoms with Gasteiger partial charge in [0, 0.05) is 34.3 Å². The SMILES string of the molecule is CCNc1nc(Cc2c(Cl)cccc2Cl)nc(C)c1C. The van der Waals surface area contributed by atoms with Crippen molar-refractivity contribution in [3.05, 3.63) is 50.9 Å². The van der Waals surface area contributed by atoms with Crippen molar-refractivity contribution in [2.75, 3.05) is 11.9 Å². The molecule has 106 valence electrons. The Labute approximate surface area is 129 Å². The van der Waals surface area contributed by atoms with Crippen molar-refractivity contribution in [3.63, 3.8) is 0 Å². The van der Waals surface area contributed by atoms with E-state index in [2.05, 4.69) is 15.3 Å². The molecule has 0 saturated heterocycles. The average Bonchev–Trinajstić information content (AvgIpc) is 2.40. The summed E-state index contributed by atoms with van der Waals surface area (Å²) in [5.41, 5.74) is 2.90. The van der Waals surface area contributed by atoms with Gasteiger partial charge in [0.25, 0.3) is 0 Å². The predicted octanol–water partition coefficient (Wildman–Crippen LogP) is 4.42. The molecule has 0 bridgehead atoms. The summed E-state index contributed by atoms with van der Waals surface area (Å²) in [6.07, 6.45) is 0.526. The van der Waals surface area contributed by atoms with Gasteiger partial charge in [-0.05, 0) is 38.5 Å². The molecule has 0 atom stereocenters. The normalized spacial score (nSPS) is 10.7. The van der Waals surface area contributed by atoms with Crippen molar-refractivity contribution in [1.29, 1.82) is 0 Å². The Morgan fingerprint density at radius 1 is 1.10 bits per heavy atom. The monoisotopic (exact) mass is 309 g/mol. The summed E-state index contributed by atoms with van der Waals surface area (Å²) in [7, 11) is 0. The zero-order chi connectivity index (χ0) is 14.7. The number of aryl methyl sites for hydroxylation is 1. The number of hydrogen-bond donors (Lipinski definition) is 1. The third-order valence-electron chi connectivity index (χ3n) is 3.18. The second-order valence-electron chi connectivity index (χ2n) is 4.61. The number of rotatable bonds is 4. The van der Waals surface area contributed by atoms with Crippen LogP contribution < -0.4 is 5.32 Å². The molecule has 0 saturated carbocycles. The second-order valence-corrected chi connectivity index (χ2v) is 5.42. The number of anilines is 1. The van der Waals surface area contributed by atoms with Crippen LogP contribution in [0.2, 0.25) is 10.0 Å². The minimum atomic E-state index is 0.526. The fourth-order valence-electron chi connectivity index (χ4n) is 1.96. The third-order valence-corrected chi connectivity index (χ3v) is 3.88. The lowest BCUT2D eigenvalue weighted by molar-refractivity contribution is 0.923. The van der Waals surface area contributed by atoms with Crippen molar-refractivity contribution < 1.29 is 0 Å². The number of aromatic nitrogens is 2. The highest BCUT2D eigenvalue weighted by Gasteiger charge is 2.11. The number of halogens is 2. The number of nitrogens with zero attached hydrogens (tertiary/aromatic N) is 2. The quantitative estimate of drug-likeness (QED) is 0.908. The zero-order valence-corrected chi connectivity index (χ0v) is 13.3. The Morgan fingerprint density at radius 3 is 2.35 bits per heavy atom. The molecule has 3 nitrogen and oxygen atoms in total. The summed E-state index contributed by atoms with van der Waals surface area (Å²) in [6.45, 7) is 6.86. The van der Waals surface area contributed by atoms with E-state index in [1.807, 2.05) is 39.0 Å². The second kappa shape index (κ2) is 6.42. The number of hydrogen-bond acceptors (Lipinski definition) is 3. The molecular weight excluding hydrogens is 293 g/mol. The summed E-state index contributed by atoms with van der Waals surface area (Å²) in [6, 6.07) is 5.49. The van der Waals surface area contributed by atoms with E-state index in [0.717, 1.165) is 35.0 Å². The van der Waals surface area contributed by atoms with Gasteiger partial charge in [0.15, 0.2) is 0 Å². The highest BCUT2D eigenvalue weighted by molar-refractivity contribution is 6.36. The molecular formula is C15H17Cl2N3. The highest BCUT2D eigenvalue weighted by Crippen LogP contribution is 2.26. The first kappa shape index (κ1) is 15.1. The lowest BCUT2D eigenvalue weighted by Gasteiger charge is -2.12. The Bertz CT molecular complexity index is 607. The van der Waals surface area contributed by atoms with Crippen LogP contribution in [0.1, 0.15) is 29.6 Å². The molecule has 1 N–H and O–H groups in total. The maximum atomic E-state index is 6.20. The van der Waals surface area contributed by atoms with Gasteiger partial charge in [-0.3, -0.25) is 0 Å². The molecule has 0 amide bonds. The summed E-state index contributed by atoms with van der Waals surface area (Å²) < 4.78 is 0. The van der Waals surface area contributed by atoms with Gasteiger partial charge < -0.3 is 5.32 Å². The van der Waals surface area contributed by atoms with Gasteiger partial charge in [0.2, 0.25) is 0 Å². The lowest BCUT2D eigenvalue weighted by Crippen LogP contribution is -2.08. The van der Waals surface area contributed by atoms with Crippen molar-refractivity contribution in [2.45, 2.75) is 27.2 Å². The molecule has 1 aromatic carbocycles. The van der Waals surface area contributed by atoms with Gasteiger partial charge in [0.1, 0.15) is 11.6 Å². The van der Waals surface area contributed by atoms with E-state index in [1.165, 1.54) is 0 Å². The number of benzene rings is 1. The number of nitrogens with one attached hydrogen (secondary N) is 1. The standard InChI is InChI=1S/C15H17Cl2N3/c1-4-18-15-9(2)10(3)19-14(20-15)8-11-12(16)6-5-7-13(11)17/h5-7H,4,8H2,1-3H3,(H,18,19,20). The van der Waals surface area contributed by atoms with Crippen LogP contribution in [-0.4, -0.2) is 16.5 Å². The maximum absolute atomic E-state index is 6.20. The minimum Gasteiger partial charge on any atom is -0.370 e. The topological polar surface area (TPSA) is 37.8 Å². The first-order chi connectivity index (χ1) is 9.52. The molecule has 2 rings (SSSR count). The van der Waals surface area contributed by atoms with Crippen LogP contribution in [0.25, 0.3) is 0 Å². The molecule has 2 aromatic rings. The molecule has 1 aromatic heterocycles. The Hall–Kier alpha value is -1.32. The molecule has 0 aliphatic carbocycles. The van der Waals surface area contributed by atoms with Gasteiger partial charge in [-0.2, -0.15) is 0 Å². The summed E-state index contributed by atoms with van der Waals surface area (Å²) in [5, 5.41) is 4.54. The van der Waals surface area contributed by atoms with Crippen LogP contribution >= 0.6 is 23.2 Å². The van der Waals surface area contributed by atoms with Gasteiger partial charge in [-0.1, -0.05) is 29.3 Å². The largest absolute Gasteiger partial charge is 0.370 e. The molecule has 0 fully saturated rings. The van der Waals surface area contributed by atoms with Crippen molar-refractivity contribution in [1.82, 2.24) is 9.97 Å². The van der Waals surface area contributed by atoms with Crippen LogP contribution in [-0.2, 0) is 6.42 Å².